The number of benzene rings is 7. The highest BCUT2D eigenvalue weighted by molar-refractivity contribution is 7.20. The summed E-state index contributed by atoms with van der Waals surface area (Å²) in [4.78, 5) is 0. The number of rotatable bonds is 6. The van der Waals surface area contributed by atoms with Crippen LogP contribution in [0.2, 0.25) is 0 Å². The van der Waals surface area contributed by atoms with Gasteiger partial charge in [-0.05, 0) is 74.8 Å². The van der Waals surface area contributed by atoms with Crippen molar-refractivity contribution in [3.8, 4) is 35.0 Å². The molecule has 4 nitrogen and oxygen atoms in total. The molecule has 0 saturated carbocycles. The molecule has 0 radical (unpaired) electrons. The van der Waals surface area contributed by atoms with Crippen molar-refractivity contribution in [1.82, 2.24) is 4.57 Å². The molecule has 0 amide bonds. The summed E-state index contributed by atoms with van der Waals surface area (Å²) in [7, 11) is -3.04. The highest BCUT2D eigenvalue weighted by Crippen LogP contribution is 2.34. The third-order valence-electron chi connectivity index (χ3n) is 9.66. The summed E-state index contributed by atoms with van der Waals surface area (Å²) >= 11 is 0. The second-order valence-electron chi connectivity index (χ2n) is 12.3. The Bertz CT molecular complexity index is 2560. The summed E-state index contributed by atoms with van der Waals surface area (Å²) in [6.45, 7) is 0. The number of hydrogen-bond donors (Lipinski definition) is 0. The monoisotopic (exact) mass is 652 g/mol. The van der Waals surface area contributed by atoms with E-state index < -0.39 is 8.07 Å². The first-order valence-electron chi connectivity index (χ1n) is 16.4. The molecule has 0 aliphatic heterocycles. The van der Waals surface area contributed by atoms with Crippen LogP contribution in [-0.2, 0) is 0 Å². The summed E-state index contributed by atoms with van der Waals surface area (Å²) in [6, 6.07) is 64.6. The Morgan fingerprint density at radius 1 is 0.440 bits per heavy atom. The normalized spacial score (nSPS) is 11.1. The van der Waals surface area contributed by atoms with Gasteiger partial charge in [0.15, 0.2) is 8.07 Å². The van der Waals surface area contributed by atoms with Gasteiger partial charge in [0.05, 0.1) is 45.9 Å². The molecule has 1 heterocycles. The lowest BCUT2D eigenvalue weighted by atomic mass is 9.97. The van der Waals surface area contributed by atoms with Gasteiger partial charge < -0.3 is 4.57 Å². The molecule has 0 spiro atoms. The van der Waals surface area contributed by atoms with Gasteiger partial charge in [-0.3, -0.25) is 0 Å². The molecule has 0 bridgehead atoms. The third kappa shape index (κ3) is 4.80. The van der Waals surface area contributed by atoms with Crippen LogP contribution in [0.5, 0.6) is 0 Å². The molecule has 0 saturated heterocycles. The van der Waals surface area contributed by atoms with E-state index in [1.54, 1.807) is 0 Å². The van der Waals surface area contributed by atoms with Gasteiger partial charge >= 0.3 is 0 Å². The van der Waals surface area contributed by atoms with Crippen molar-refractivity contribution in [1.29, 1.82) is 15.8 Å². The maximum Gasteiger partial charge on any atom is 0.181 e. The van der Waals surface area contributed by atoms with Crippen LogP contribution in [0.15, 0.2) is 170 Å². The predicted molar refractivity (Wildman–Crippen MR) is 204 cm³/mol. The van der Waals surface area contributed by atoms with E-state index in [1.165, 1.54) is 0 Å². The van der Waals surface area contributed by atoms with E-state index in [-0.39, 0.29) is 0 Å². The minimum absolute atomic E-state index is 0.521. The topological polar surface area (TPSA) is 76.3 Å². The average molecular weight is 653 g/mol. The number of fused-ring (bicyclic) bond motifs is 3. The summed E-state index contributed by atoms with van der Waals surface area (Å²) in [5, 5.41) is 37.5. The van der Waals surface area contributed by atoms with Crippen LogP contribution in [0, 0.1) is 34.0 Å². The SMILES string of the molecule is N#Cc1ccc2c(c1)c1ccccc1n2-c1ccc(-c2cc(C#N)c([Si](c3ccccc3)(c3ccccc3)c3ccccc3)cc2C#N)cc1. The van der Waals surface area contributed by atoms with Crippen LogP contribution in [0.3, 0.4) is 0 Å². The van der Waals surface area contributed by atoms with Crippen LogP contribution in [0.4, 0.5) is 0 Å². The fourth-order valence-corrected chi connectivity index (χ4v) is 12.4. The molecular formula is C45H28N4Si. The van der Waals surface area contributed by atoms with Crippen LogP contribution in [-0.4, -0.2) is 12.6 Å². The zero-order valence-electron chi connectivity index (χ0n) is 27.0. The van der Waals surface area contributed by atoms with Crippen molar-refractivity contribution >= 4 is 50.6 Å². The first-order chi connectivity index (χ1) is 24.7. The Morgan fingerprint density at radius 3 is 1.54 bits per heavy atom. The Hall–Kier alpha value is -6.97. The summed E-state index contributed by atoms with van der Waals surface area (Å²) in [5.74, 6) is 0. The molecule has 0 atom stereocenters. The van der Waals surface area contributed by atoms with E-state index in [0.29, 0.717) is 16.7 Å². The Kier molecular flexibility index (Phi) is 7.63. The Balaban J connectivity index is 1.32. The zero-order valence-corrected chi connectivity index (χ0v) is 28.0. The standard InChI is InChI=1S/C45H28N4Si/c46-29-32-20-25-44-42(26-32)40-18-10-11-19-43(40)49(44)36-23-21-33(22-24-36)41-27-35(31-48)45(28-34(41)30-47)50(37-12-4-1-5-13-37,38-14-6-2-7-15-38)39-16-8-3-9-17-39/h1-28H. The Labute approximate surface area is 291 Å². The fourth-order valence-electron chi connectivity index (χ4n) is 7.48. The van der Waals surface area contributed by atoms with Crippen LogP contribution >= 0.6 is 0 Å². The first kappa shape index (κ1) is 30.4. The Morgan fingerprint density at radius 2 is 0.980 bits per heavy atom. The highest BCUT2D eigenvalue weighted by atomic mass is 28.3. The van der Waals surface area contributed by atoms with Crippen molar-refractivity contribution in [3.63, 3.8) is 0 Å². The van der Waals surface area contributed by atoms with E-state index >= 15 is 0 Å². The van der Waals surface area contributed by atoms with Gasteiger partial charge in [-0.2, -0.15) is 15.8 Å². The van der Waals surface area contributed by atoms with Gasteiger partial charge in [0, 0.05) is 22.0 Å². The van der Waals surface area contributed by atoms with Crippen molar-refractivity contribution in [2.45, 2.75) is 0 Å². The van der Waals surface area contributed by atoms with Crippen molar-refractivity contribution in [3.05, 3.63) is 187 Å². The molecule has 0 fully saturated rings. The van der Waals surface area contributed by atoms with Crippen LogP contribution < -0.4 is 20.7 Å². The van der Waals surface area contributed by atoms with Crippen LogP contribution in [0.1, 0.15) is 16.7 Å². The maximum absolute atomic E-state index is 10.8. The zero-order chi connectivity index (χ0) is 34.1. The molecular weight excluding hydrogens is 625 g/mol. The van der Waals surface area contributed by atoms with E-state index in [9.17, 15) is 15.8 Å². The largest absolute Gasteiger partial charge is 0.309 e. The smallest absolute Gasteiger partial charge is 0.181 e. The van der Waals surface area contributed by atoms with Gasteiger partial charge in [-0.25, -0.2) is 0 Å². The third-order valence-corrected chi connectivity index (χ3v) is 14.5. The lowest BCUT2D eigenvalue weighted by Crippen LogP contribution is -2.75. The van der Waals surface area contributed by atoms with E-state index in [2.05, 4.69) is 120 Å². The second kappa shape index (κ2) is 12.6. The molecule has 0 N–H and O–H groups in total. The maximum atomic E-state index is 10.8. The fraction of sp³-hybridized carbons (Fsp3) is 0. The number of aromatic nitrogens is 1. The molecule has 1 aromatic heterocycles. The number of hydrogen-bond acceptors (Lipinski definition) is 3. The van der Waals surface area contributed by atoms with E-state index in [1.807, 2.05) is 72.8 Å². The van der Waals surface area contributed by atoms with E-state index in [0.717, 1.165) is 59.4 Å². The lowest BCUT2D eigenvalue weighted by molar-refractivity contribution is 1.18. The number of para-hydroxylation sites is 1. The summed E-state index contributed by atoms with van der Waals surface area (Å²) in [5.41, 5.74) is 6.29. The lowest BCUT2D eigenvalue weighted by Gasteiger charge is -2.35. The molecule has 7 aromatic carbocycles. The highest BCUT2D eigenvalue weighted by Gasteiger charge is 2.43. The van der Waals surface area contributed by atoms with Gasteiger partial charge in [0.25, 0.3) is 0 Å². The number of nitrogens with zero attached hydrogens (tertiary/aromatic N) is 4. The minimum Gasteiger partial charge on any atom is -0.309 e. The summed E-state index contributed by atoms with van der Waals surface area (Å²) in [6.07, 6.45) is 0. The molecule has 0 unspecified atom stereocenters. The first-order valence-corrected chi connectivity index (χ1v) is 18.4. The van der Waals surface area contributed by atoms with Crippen molar-refractivity contribution in [2.75, 3.05) is 0 Å². The van der Waals surface area contributed by atoms with Crippen LogP contribution in [0.25, 0.3) is 38.6 Å². The van der Waals surface area contributed by atoms with Gasteiger partial charge in [-0.15, -0.1) is 0 Å². The minimum atomic E-state index is -3.04. The van der Waals surface area contributed by atoms with Crippen molar-refractivity contribution in [2.24, 2.45) is 0 Å². The average Bonchev–Trinajstić information content (AvgIpc) is 3.53. The second-order valence-corrected chi connectivity index (χ2v) is 16.0. The molecule has 232 valence electrons. The van der Waals surface area contributed by atoms with E-state index in [4.69, 9.17) is 0 Å². The predicted octanol–water partition coefficient (Wildman–Crippen LogP) is 7.44. The molecule has 5 heteroatoms. The summed E-state index contributed by atoms with van der Waals surface area (Å²) < 4.78 is 2.20. The van der Waals surface area contributed by atoms with Crippen molar-refractivity contribution < 1.29 is 0 Å². The quantitative estimate of drug-likeness (QED) is 0.138. The van der Waals surface area contributed by atoms with Gasteiger partial charge in [0.1, 0.15) is 0 Å². The molecule has 8 rings (SSSR count). The van der Waals surface area contributed by atoms with Gasteiger partial charge in [0.2, 0.25) is 0 Å². The molecule has 0 aliphatic carbocycles. The van der Waals surface area contributed by atoms with Gasteiger partial charge in [-0.1, -0.05) is 121 Å². The molecule has 8 aromatic rings. The molecule has 0 aliphatic rings. The number of nitriles is 3. The molecule has 50 heavy (non-hydrogen) atoms.